The fourth-order valence-electron chi connectivity index (χ4n) is 1.51. The van der Waals surface area contributed by atoms with Gasteiger partial charge in [0.15, 0.2) is 11.0 Å². The summed E-state index contributed by atoms with van der Waals surface area (Å²) in [7, 11) is 0. The number of nitrogens with zero attached hydrogens (tertiary/aromatic N) is 3. The molecule has 4 nitrogen and oxygen atoms in total. The average Bonchev–Trinajstić information content (AvgIpc) is 2.34. The number of aromatic nitrogens is 2. The van der Waals surface area contributed by atoms with Crippen LogP contribution in [0.5, 0.6) is 0 Å². The van der Waals surface area contributed by atoms with Crippen LogP contribution in [0.1, 0.15) is 16.7 Å². The van der Waals surface area contributed by atoms with Crippen molar-refractivity contribution in [2.45, 2.75) is 13.8 Å². The van der Waals surface area contributed by atoms with Crippen LogP contribution in [-0.4, -0.2) is 16.4 Å². The summed E-state index contributed by atoms with van der Waals surface area (Å²) in [6.45, 7) is 4.12. The van der Waals surface area contributed by atoms with Gasteiger partial charge >= 0.3 is 0 Å². The van der Waals surface area contributed by atoms with Crippen LogP contribution >= 0.6 is 11.6 Å². The van der Waals surface area contributed by atoms with E-state index in [2.05, 4.69) is 46.7 Å². The maximum absolute atomic E-state index is 5.64. The molecular weight excluding hydrogens is 248 g/mol. The minimum Gasteiger partial charge on any atom is -0.260 e. The second-order valence-corrected chi connectivity index (χ2v) is 4.36. The van der Waals surface area contributed by atoms with Gasteiger partial charge in [0.1, 0.15) is 0 Å². The zero-order valence-electron chi connectivity index (χ0n) is 10.2. The van der Waals surface area contributed by atoms with Crippen LogP contribution in [0.15, 0.2) is 35.4 Å². The molecule has 0 spiro atoms. The van der Waals surface area contributed by atoms with Crippen molar-refractivity contribution in [3.63, 3.8) is 0 Å². The molecule has 0 atom stereocenters. The Morgan fingerprint density at radius 2 is 2.00 bits per heavy atom. The Hall–Kier alpha value is -1.94. The molecule has 2 aromatic rings. The molecule has 0 aliphatic rings. The van der Waals surface area contributed by atoms with Crippen LogP contribution in [0.2, 0.25) is 5.15 Å². The van der Waals surface area contributed by atoms with Crippen LogP contribution in [-0.2, 0) is 0 Å². The fraction of sp³-hybridized carbons (Fsp3) is 0.154. The van der Waals surface area contributed by atoms with E-state index in [4.69, 9.17) is 11.6 Å². The summed E-state index contributed by atoms with van der Waals surface area (Å²) < 4.78 is 0. The van der Waals surface area contributed by atoms with Crippen molar-refractivity contribution in [2.24, 2.45) is 5.10 Å². The highest BCUT2D eigenvalue weighted by molar-refractivity contribution is 6.29. The Morgan fingerprint density at radius 3 is 2.67 bits per heavy atom. The molecule has 0 saturated carbocycles. The topological polar surface area (TPSA) is 50.2 Å². The summed E-state index contributed by atoms with van der Waals surface area (Å²) >= 11 is 5.64. The lowest BCUT2D eigenvalue weighted by Gasteiger charge is -2.01. The molecule has 1 aromatic carbocycles. The molecule has 1 N–H and O–H groups in total. The number of benzene rings is 1. The number of halogens is 1. The summed E-state index contributed by atoms with van der Waals surface area (Å²) in [6, 6.07) is 9.57. The average molecular weight is 261 g/mol. The molecule has 0 radical (unpaired) electrons. The van der Waals surface area contributed by atoms with E-state index in [-0.39, 0.29) is 0 Å². The normalized spacial score (nSPS) is 10.8. The van der Waals surface area contributed by atoms with Crippen molar-refractivity contribution < 1.29 is 0 Å². The molecule has 92 valence electrons. The Bertz CT molecular complexity index is 564. The zero-order chi connectivity index (χ0) is 13.0. The molecule has 0 unspecified atom stereocenters. The number of anilines is 1. The van der Waals surface area contributed by atoms with E-state index in [0.717, 1.165) is 5.56 Å². The van der Waals surface area contributed by atoms with E-state index in [0.29, 0.717) is 11.0 Å². The van der Waals surface area contributed by atoms with Gasteiger partial charge in [0.25, 0.3) is 0 Å². The number of hydrogen-bond donors (Lipinski definition) is 1. The van der Waals surface area contributed by atoms with Gasteiger partial charge in [-0.05, 0) is 37.1 Å². The summed E-state index contributed by atoms with van der Waals surface area (Å²) in [4.78, 5) is 0. The highest BCUT2D eigenvalue weighted by Crippen LogP contribution is 2.09. The van der Waals surface area contributed by atoms with Crippen molar-refractivity contribution in [1.29, 1.82) is 0 Å². The third kappa shape index (κ3) is 3.28. The summed E-state index contributed by atoms with van der Waals surface area (Å²) in [5, 5.41) is 12.0. The lowest BCUT2D eigenvalue weighted by Crippen LogP contribution is -1.96. The Kier molecular flexibility index (Phi) is 3.89. The van der Waals surface area contributed by atoms with Gasteiger partial charge in [-0.2, -0.15) is 5.10 Å². The van der Waals surface area contributed by atoms with Gasteiger partial charge < -0.3 is 0 Å². The first-order valence-electron chi connectivity index (χ1n) is 5.51. The van der Waals surface area contributed by atoms with Crippen LogP contribution in [0, 0.1) is 13.8 Å². The van der Waals surface area contributed by atoms with E-state index >= 15 is 0 Å². The maximum atomic E-state index is 5.64. The largest absolute Gasteiger partial charge is 0.260 e. The van der Waals surface area contributed by atoms with E-state index in [1.54, 1.807) is 18.3 Å². The van der Waals surface area contributed by atoms with Crippen LogP contribution in [0.3, 0.4) is 0 Å². The molecule has 0 saturated heterocycles. The smallest absolute Gasteiger partial charge is 0.168 e. The molecule has 0 amide bonds. The number of rotatable bonds is 3. The molecule has 0 aliphatic heterocycles. The lowest BCUT2D eigenvalue weighted by atomic mass is 10.1. The van der Waals surface area contributed by atoms with E-state index in [1.807, 2.05) is 6.07 Å². The van der Waals surface area contributed by atoms with Gasteiger partial charge in [-0.15, -0.1) is 10.2 Å². The molecule has 0 bridgehead atoms. The van der Waals surface area contributed by atoms with Gasteiger partial charge in [-0.3, -0.25) is 5.43 Å². The van der Waals surface area contributed by atoms with E-state index in [1.165, 1.54) is 11.1 Å². The summed E-state index contributed by atoms with van der Waals surface area (Å²) in [5.41, 5.74) is 6.28. The first-order valence-corrected chi connectivity index (χ1v) is 5.88. The van der Waals surface area contributed by atoms with E-state index < -0.39 is 0 Å². The quantitative estimate of drug-likeness (QED) is 0.681. The summed E-state index contributed by atoms with van der Waals surface area (Å²) in [5.74, 6) is 0.556. The predicted molar refractivity (Wildman–Crippen MR) is 74.2 cm³/mol. The van der Waals surface area contributed by atoms with Crippen molar-refractivity contribution in [1.82, 2.24) is 10.2 Å². The molecule has 0 fully saturated rings. The van der Waals surface area contributed by atoms with Gasteiger partial charge in [-0.25, -0.2) is 0 Å². The Morgan fingerprint density at radius 1 is 1.17 bits per heavy atom. The lowest BCUT2D eigenvalue weighted by molar-refractivity contribution is 1.02. The summed E-state index contributed by atoms with van der Waals surface area (Å²) in [6.07, 6.45) is 1.76. The van der Waals surface area contributed by atoms with Gasteiger partial charge in [-0.1, -0.05) is 35.4 Å². The van der Waals surface area contributed by atoms with Gasteiger partial charge in [0.2, 0.25) is 0 Å². The third-order valence-electron chi connectivity index (χ3n) is 2.44. The minimum atomic E-state index is 0.360. The molecule has 0 aliphatic carbocycles. The number of hydrogen-bond acceptors (Lipinski definition) is 4. The van der Waals surface area contributed by atoms with Crippen LogP contribution < -0.4 is 5.43 Å². The fourth-order valence-corrected chi connectivity index (χ4v) is 1.61. The third-order valence-corrected chi connectivity index (χ3v) is 2.64. The molecule has 1 heterocycles. The van der Waals surface area contributed by atoms with Crippen molar-refractivity contribution in [3.05, 3.63) is 52.2 Å². The Balaban J connectivity index is 2.05. The molecular formula is C13H13ClN4. The number of aryl methyl sites for hydroxylation is 2. The monoisotopic (exact) mass is 260 g/mol. The number of nitrogens with one attached hydrogen (secondary N) is 1. The van der Waals surface area contributed by atoms with Crippen molar-refractivity contribution >= 4 is 23.6 Å². The van der Waals surface area contributed by atoms with Crippen LogP contribution in [0.4, 0.5) is 5.82 Å². The van der Waals surface area contributed by atoms with Crippen LogP contribution in [0.25, 0.3) is 0 Å². The van der Waals surface area contributed by atoms with Gasteiger partial charge in [0.05, 0.1) is 6.21 Å². The van der Waals surface area contributed by atoms with Crippen molar-refractivity contribution in [2.75, 3.05) is 5.43 Å². The van der Waals surface area contributed by atoms with Gasteiger partial charge in [0, 0.05) is 0 Å². The SMILES string of the molecule is Cc1ccc(/C=N\Nc2ccc(Cl)nn2)c(C)c1. The zero-order valence-corrected chi connectivity index (χ0v) is 10.9. The molecule has 18 heavy (non-hydrogen) atoms. The minimum absolute atomic E-state index is 0.360. The number of hydrazone groups is 1. The predicted octanol–water partition coefficient (Wildman–Crippen LogP) is 3.19. The highest BCUT2D eigenvalue weighted by atomic mass is 35.5. The Labute approximate surface area is 111 Å². The van der Waals surface area contributed by atoms with E-state index in [9.17, 15) is 0 Å². The molecule has 1 aromatic heterocycles. The standard InChI is InChI=1S/C13H13ClN4/c1-9-3-4-11(10(2)7-9)8-15-17-13-6-5-12(14)16-18-13/h3-8H,1-2H3,(H,17,18)/b15-8-. The first-order chi connectivity index (χ1) is 8.65. The second kappa shape index (κ2) is 5.60. The molecule has 5 heteroatoms. The second-order valence-electron chi connectivity index (χ2n) is 3.97. The molecule has 2 rings (SSSR count). The highest BCUT2D eigenvalue weighted by Gasteiger charge is 1.95. The van der Waals surface area contributed by atoms with Crippen molar-refractivity contribution in [3.8, 4) is 0 Å². The maximum Gasteiger partial charge on any atom is 0.168 e. The first kappa shape index (κ1) is 12.5.